The predicted octanol–water partition coefficient (Wildman–Crippen LogP) is 5.16. The Morgan fingerprint density at radius 1 is 0.588 bits per heavy atom. The molecule has 4 aliphatic rings. The Balaban J connectivity index is 0.000000203. The molecule has 0 bridgehead atoms. The molecule has 2 atom stereocenters. The summed E-state index contributed by atoms with van der Waals surface area (Å²) in [6.45, 7) is 13.2. The number of nitriles is 2. The van der Waals surface area contributed by atoms with Gasteiger partial charge in [-0.25, -0.2) is 24.7 Å². The number of likely N-dealkylation sites (tertiary alicyclic amines) is 1. The minimum atomic E-state index is -1.23. The highest BCUT2D eigenvalue weighted by molar-refractivity contribution is 5.80. The normalized spacial score (nSPS) is 16.6. The van der Waals surface area contributed by atoms with E-state index in [1.807, 2.05) is 54.6 Å². The fraction of sp³-hybridized carbons (Fsp3) is 0.433. The molecular weight excluding hydrogens is 1090 g/mol. The molecule has 0 spiro atoms. The third kappa shape index (κ3) is 17.1. The van der Waals surface area contributed by atoms with Gasteiger partial charge in [-0.05, 0) is 115 Å². The zero-order valence-corrected chi connectivity index (χ0v) is 48.8. The number of piperazine rings is 2. The number of ether oxygens (including phenoxy) is 4. The van der Waals surface area contributed by atoms with Crippen molar-refractivity contribution in [3.63, 3.8) is 0 Å². The number of nitrogens with one attached hydrogen (secondary N) is 3. The van der Waals surface area contributed by atoms with Crippen LogP contribution in [0.15, 0.2) is 85.5 Å². The summed E-state index contributed by atoms with van der Waals surface area (Å²) in [5.41, 5.74) is 5.74. The van der Waals surface area contributed by atoms with Crippen molar-refractivity contribution in [2.45, 2.75) is 63.9 Å². The van der Waals surface area contributed by atoms with Crippen LogP contribution in [-0.4, -0.2) is 203 Å². The summed E-state index contributed by atoms with van der Waals surface area (Å²) in [5.74, 6) is 3.15. The van der Waals surface area contributed by atoms with Crippen LogP contribution in [-0.2, 0) is 9.59 Å². The minimum Gasteiger partial charge on any atom is -0.489 e. The van der Waals surface area contributed by atoms with E-state index in [-0.39, 0.29) is 18.1 Å². The first-order valence-electron chi connectivity index (χ1n) is 28.3. The molecule has 448 valence electrons. The fourth-order valence-corrected chi connectivity index (χ4v) is 9.80. The lowest BCUT2D eigenvalue weighted by atomic mass is 10.1. The van der Waals surface area contributed by atoms with E-state index < -0.39 is 18.2 Å². The van der Waals surface area contributed by atoms with Gasteiger partial charge < -0.3 is 74.7 Å². The molecule has 4 saturated heterocycles. The van der Waals surface area contributed by atoms with Crippen LogP contribution in [0.4, 0.5) is 34.6 Å². The number of likely N-dealkylation sites (N-methyl/N-ethyl adjacent to an activating group) is 2. The molecule has 0 saturated carbocycles. The smallest absolute Gasteiger partial charge is 0.332 e. The molecule has 0 aliphatic carbocycles. The lowest BCUT2D eigenvalue weighted by Gasteiger charge is -2.34. The Hall–Kier alpha value is -8.98. The summed E-state index contributed by atoms with van der Waals surface area (Å²) in [4.78, 5) is 59.2. The average Bonchev–Trinajstić information content (AvgIpc) is 3.32. The summed E-state index contributed by atoms with van der Waals surface area (Å²) >= 11 is 0. The number of hydrogen-bond donors (Lipinski definition) is 6. The van der Waals surface area contributed by atoms with Crippen molar-refractivity contribution in [1.29, 1.82) is 10.5 Å². The van der Waals surface area contributed by atoms with Gasteiger partial charge in [0, 0.05) is 102 Å². The van der Waals surface area contributed by atoms with Crippen molar-refractivity contribution < 1.29 is 43.9 Å². The van der Waals surface area contributed by atoms with E-state index in [0.29, 0.717) is 95.0 Å². The largest absolute Gasteiger partial charge is 0.489 e. The van der Waals surface area contributed by atoms with Gasteiger partial charge in [-0.15, -0.1) is 0 Å². The summed E-state index contributed by atoms with van der Waals surface area (Å²) < 4.78 is 23.5. The van der Waals surface area contributed by atoms with E-state index in [1.165, 1.54) is 26.5 Å². The Kier molecular flexibility index (Phi) is 21.9. The van der Waals surface area contributed by atoms with Gasteiger partial charge in [-0.2, -0.15) is 20.5 Å². The molecule has 25 nitrogen and oxygen atoms in total. The van der Waals surface area contributed by atoms with E-state index in [0.717, 1.165) is 101 Å². The van der Waals surface area contributed by atoms with E-state index in [4.69, 9.17) is 29.2 Å². The molecular formula is C60H74N16O9. The number of carboxylic acids is 1. The van der Waals surface area contributed by atoms with Crippen LogP contribution < -0.4 is 44.7 Å². The number of aliphatic carboxylic acids is 1. The number of carboxylic acid groups (broad SMARTS) is 1. The van der Waals surface area contributed by atoms with Gasteiger partial charge in [0.05, 0.1) is 36.7 Å². The number of aromatic nitrogens is 6. The first kappa shape index (κ1) is 62.1. The molecule has 4 aliphatic heterocycles. The second-order valence-electron chi connectivity index (χ2n) is 20.9. The minimum absolute atomic E-state index is 0.122. The topological polar surface area (TPSA) is 309 Å². The number of carbonyl (C=O) groups excluding carboxylic acids is 1. The lowest BCUT2D eigenvalue weighted by Crippen LogP contribution is -2.45. The molecule has 0 radical (unpaired) electrons. The second kappa shape index (κ2) is 30.0. The Morgan fingerprint density at radius 3 is 1.40 bits per heavy atom. The number of piperidine rings is 2. The predicted molar refractivity (Wildman–Crippen MR) is 320 cm³/mol. The van der Waals surface area contributed by atoms with Crippen LogP contribution >= 0.6 is 0 Å². The van der Waals surface area contributed by atoms with Crippen LogP contribution in [0.25, 0.3) is 22.5 Å². The van der Waals surface area contributed by atoms with E-state index in [2.05, 4.69) is 91.7 Å². The molecule has 6 N–H and O–H groups in total. The standard InChI is InChI=1S/C30H36N8O4.C27H32N8O2.C3H6O3/c1-20(39)30(40)38-10-8-23(9-11-38)42-26-6-4-21(16-22(26)18-31)24-17-28(33-19-32-24)34-27-7-5-25(29(35-27)41-3)37-14-12-36(2)13-15-37;1-34-11-13-35(14-12-34)23-4-6-25(33-27(23)36-2)32-26-16-22(30-18-31-26)19-3-5-24(20(15-19)17-28)37-21-7-9-29-10-8-21;1-2(4)3(5)6/h4-7,16-17,19-20,23,39H,8-15H2,1-3H3,(H,32,33,34,35);3-6,15-16,18,21,29H,7-14H2,1-2H3,(H,30,31,32,33);2,4H,1H3,(H,5,6). The summed E-state index contributed by atoms with van der Waals surface area (Å²) in [6, 6.07) is 27.0. The third-order valence-electron chi connectivity index (χ3n) is 14.7. The van der Waals surface area contributed by atoms with Crippen LogP contribution in [0.3, 0.4) is 0 Å². The number of nitrogens with zero attached hydrogens (tertiary/aromatic N) is 13. The number of methoxy groups -OCH3 is 2. The molecule has 2 unspecified atom stereocenters. The van der Waals surface area contributed by atoms with Crippen LogP contribution in [0.1, 0.15) is 50.7 Å². The summed E-state index contributed by atoms with van der Waals surface area (Å²) in [6.07, 6.45) is 3.85. The monoisotopic (exact) mass is 1160 g/mol. The maximum absolute atomic E-state index is 12.0. The number of aliphatic hydroxyl groups excluding tert-OH is 2. The van der Waals surface area contributed by atoms with Gasteiger partial charge in [-0.3, -0.25) is 4.79 Å². The Bertz CT molecular complexity index is 3290. The molecule has 8 heterocycles. The van der Waals surface area contributed by atoms with Gasteiger partial charge in [-0.1, -0.05) is 0 Å². The molecule has 85 heavy (non-hydrogen) atoms. The van der Waals surface area contributed by atoms with Gasteiger partial charge >= 0.3 is 5.97 Å². The highest BCUT2D eigenvalue weighted by Crippen LogP contribution is 2.34. The highest BCUT2D eigenvalue weighted by Gasteiger charge is 2.27. The van der Waals surface area contributed by atoms with Crippen molar-refractivity contribution >= 4 is 46.5 Å². The molecule has 25 heteroatoms. The van der Waals surface area contributed by atoms with Crippen molar-refractivity contribution in [3.05, 3.63) is 96.6 Å². The van der Waals surface area contributed by atoms with Crippen LogP contribution in [0.2, 0.25) is 0 Å². The second-order valence-corrected chi connectivity index (χ2v) is 20.9. The summed E-state index contributed by atoms with van der Waals surface area (Å²) in [7, 11) is 7.51. The maximum Gasteiger partial charge on any atom is 0.332 e. The van der Waals surface area contributed by atoms with Gasteiger partial charge in [0.1, 0.15) is 95.4 Å². The van der Waals surface area contributed by atoms with E-state index in [1.54, 1.807) is 37.3 Å². The number of carbonyl (C=O) groups is 2. The first-order chi connectivity index (χ1) is 41.1. The Morgan fingerprint density at radius 2 is 1.01 bits per heavy atom. The van der Waals surface area contributed by atoms with Crippen LogP contribution in [0, 0.1) is 22.7 Å². The Labute approximate surface area is 494 Å². The SMILES string of the molecule is CC(O)C(=O)O.COc1nc(Nc2cc(-c3ccc(OC4CCN(C(=O)C(C)O)CC4)c(C#N)c3)ncn2)ccc1N1CCN(C)CC1.COc1nc(Nc2cc(-c3ccc(OC4CCNCC4)c(C#N)c3)ncn2)ccc1N1CCN(C)CC1. The maximum atomic E-state index is 12.0. The number of hydrogen-bond acceptors (Lipinski definition) is 23. The number of aliphatic hydroxyl groups is 2. The number of benzene rings is 2. The van der Waals surface area contributed by atoms with Crippen molar-refractivity contribution in [3.8, 4) is 57.9 Å². The van der Waals surface area contributed by atoms with Crippen molar-refractivity contribution in [1.82, 2.24) is 49.9 Å². The van der Waals surface area contributed by atoms with E-state index >= 15 is 0 Å². The molecule has 4 aromatic heterocycles. The van der Waals surface area contributed by atoms with Gasteiger partial charge in [0.25, 0.3) is 5.91 Å². The van der Waals surface area contributed by atoms with Gasteiger partial charge in [0.15, 0.2) is 0 Å². The average molecular weight is 1160 g/mol. The highest BCUT2D eigenvalue weighted by atomic mass is 16.5. The molecule has 2 aromatic carbocycles. The third-order valence-corrected chi connectivity index (χ3v) is 14.7. The molecule has 6 aromatic rings. The van der Waals surface area contributed by atoms with Gasteiger partial charge in [0.2, 0.25) is 11.8 Å². The fourth-order valence-electron chi connectivity index (χ4n) is 9.80. The molecule has 1 amide bonds. The number of anilines is 6. The quantitative estimate of drug-likeness (QED) is 0.0729. The zero-order valence-electron chi connectivity index (χ0n) is 48.8. The molecule has 10 rings (SSSR count). The van der Waals surface area contributed by atoms with Crippen molar-refractivity contribution in [2.24, 2.45) is 0 Å². The van der Waals surface area contributed by atoms with Crippen molar-refractivity contribution in [2.75, 3.05) is 127 Å². The lowest BCUT2D eigenvalue weighted by molar-refractivity contribution is -0.145. The zero-order chi connectivity index (χ0) is 60.4. The molecule has 4 fully saturated rings. The van der Waals surface area contributed by atoms with E-state index in [9.17, 15) is 25.2 Å². The number of amides is 1. The number of rotatable bonds is 16. The number of pyridine rings is 2. The summed E-state index contributed by atoms with van der Waals surface area (Å²) in [5, 5.41) is 54.7. The van der Waals surface area contributed by atoms with Crippen LogP contribution in [0.5, 0.6) is 23.3 Å². The first-order valence-corrected chi connectivity index (χ1v) is 28.3.